The van der Waals surface area contributed by atoms with E-state index in [0.717, 1.165) is 21.8 Å². The number of thioether (sulfide) groups is 1. The summed E-state index contributed by atoms with van der Waals surface area (Å²) >= 11 is 13.6. The maximum absolute atomic E-state index is 11.9. The zero-order chi connectivity index (χ0) is 21.2. The Morgan fingerprint density at radius 2 is 1.73 bits per heavy atom. The largest absolute Gasteiger partial charge is 0.489 e. The first-order chi connectivity index (χ1) is 14.6. The first-order valence-corrected chi connectivity index (χ1v) is 11.0. The van der Waals surface area contributed by atoms with Gasteiger partial charge in [0.2, 0.25) is 5.91 Å². The average molecular weight is 459 g/mol. The lowest BCUT2D eigenvalue weighted by Crippen LogP contribution is -2.17. The van der Waals surface area contributed by atoms with Crippen molar-refractivity contribution in [2.24, 2.45) is 5.10 Å². The van der Waals surface area contributed by atoms with E-state index in [4.69, 9.17) is 27.9 Å². The van der Waals surface area contributed by atoms with Gasteiger partial charge in [-0.25, -0.2) is 5.43 Å². The number of carbonyl (C=O) groups is 1. The van der Waals surface area contributed by atoms with Crippen LogP contribution in [0.2, 0.25) is 10.0 Å². The van der Waals surface area contributed by atoms with Crippen LogP contribution in [-0.4, -0.2) is 17.9 Å². The Morgan fingerprint density at radius 3 is 2.47 bits per heavy atom. The van der Waals surface area contributed by atoms with E-state index in [2.05, 4.69) is 10.5 Å². The van der Waals surface area contributed by atoms with Crippen molar-refractivity contribution in [2.45, 2.75) is 17.9 Å². The Kier molecular flexibility index (Phi) is 8.63. The minimum absolute atomic E-state index is 0.132. The van der Waals surface area contributed by atoms with Crippen molar-refractivity contribution < 1.29 is 9.53 Å². The van der Waals surface area contributed by atoms with Gasteiger partial charge in [-0.05, 0) is 60.2 Å². The van der Waals surface area contributed by atoms with Crippen LogP contribution in [0.4, 0.5) is 0 Å². The van der Waals surface area contributed by atoms with Crippen LogP contribution in [0.25, 0.3) is 0 Å². The van der Waals surface area contributed by atoms with Gasteiger partial charge in [0.25, 0.3) is 0 Å². The van der Waals surface area contributed by atoms with Gasteiger partial charge in [0.1, 0.15) is 12.4 Å². The number of hydrogen-bond acceptors (Lipinski definition) is 4. The topological polar surface area (TPSA) is 50.7 Å². The molecule has 154 valence electrons. The standard InChI is InChI=1S/C23H20Cl2N2O2S/c24-19-7-11-21(12-8-19)30-14-13-23(28)27-26-15-17-5-9-20(10-6-17)29-16-18-3-1-2-4-22(18)25/h1-12,15H,13-14,16H2,(H,27,28). The van der Waals surface area contributed by atoms with Gasteiger partial charge in [-0.2, -0.15) is 5.10 Å². The van der Waals surface area contributed by atoms with Crippen LogP contribution >= 0.6 is 35.0 Å². The van der Waals surface area contributed by atoms with Gasteiger partial charge in [0.05, 0.1) is 6.21 Å². The quantitative estimate of drug-likeness (QED) is 0.235. The fourth-order valence-corrected chi connectivity index (χ4v) is 3.62. The highest BCUT2D eigenvalue weighted by Crippen LogP contribution is 2.21. The van der Waals surface area contributed by atoms with Gasteiger partial charge in [0.15, 0.2) is 0 Å². The molecule has 0 radical (unpaired) electrons. The average Bonchev–Trinajstić information content (AvgIpc) is 2.75. The summed E-state index contributed by atoms with van der Waals surface area (Å²) in [5.74, 6) is 1.27. The Morgan fingerprint density at radius 1 is 1.00 bits per heavy atom. The van der Waals surface area contributed by atoms with E-state index >= 15 is 0 Å². The zero-order valence-corrected chi connectivity index (χ0v) is 18.4. The molecule has 0 bridgehead atoms. The van der Waals surface area contributed by atoms with Gasteiger partial charge in [-0.15, -0.1) is 11.8 Å². The molecule has 0 heterocycles. The van der Waals surface area contributed by atoms with E-state index < -0.39 is 0 Å². The SMILES string of the molecule is O=C(CCSc1ccc(Cl)cc1)NN=Cc1ccc(OCc2ccccc2Cl)cc1. The predicted octanol–water partition coefficient (Wildman–Crippen LogP) is 6.20. The minimum Gasteiger partial charge on any atom is -0.489 e. The summed E-state index contributed by atoms with van der Waals surface area (Å²) < 4.78 is 5.75. The Balaban J connectivity index is 1.38. The zero-order valence-electron chi connectivity index (χ0n) is 16.1. The highest BCUT2D eigenvalue weighted by atomic mass is 35.5. The number of nitrogens with zero attached hydrogens (tertiary/aromatic N) is 1. The summed E-state index contributed by atoms with van der Waals surface area (Å²) in [6, 6.07) is 22.6. The van der Waals surface area contributed by atoms with Crippen molar-refractivity contribution in [3.63, 3.8) is 0 Å². The smallest absolute Gasteiger partial charge is 0.240 e. The Bertz CT molecular complexity index is 993. The molecule has 0 saturated heterocycles. The fourth-order valence-electron chi connectivity index (χ4n) is 2.45. The molecule has 3 aromatic carbocycles. The van der Waals surface area contributed by atoms with Gasteiger partial charge in [-0.3, -0.25) is 4.79 Å². The maximum atomic E-state index is 11.9. The molecule has 3 rings (SSSR count). The van der Waals surface area contributed by atoms with Crippen LogP contribution in [0, 0.1) is 0 Å². The maximum Gasteiger partial charge on any atom is 0.240 e. The molecule has 0 atom stereocenters. The molecule has 0 aliphatic carbocycles. The third kappa shape index (κ3) is 7.41. The molecule has 4 nitrogen and oxygen atoms in total. The number of amides is 1. The number of hydrazone groups is 1. The van der Waals surface area contributed by atoms with E-state index in [1.165, 1.54) is 0 Å². The third-order valence-corrected chi connectivity index (χ3v) is 5.68. The molecule has 30 heavy (non-hydrogen) atoms. The molecule has 0 aromatic heterocycles. The molecule has 0 aliphatic rings. The molecule has 0 saturated carbocycles. The molecule has 1 amide bonds. The van der Waals surface area contributed by atoms with E-state index in [1.54, 1.807) is 18.0 Å². The molecule has 0 fully saturated rings. The summed E-state index contributed by atoms with van der Waals surface area (Å²) in [4.78, 5) is 13.0. The monoisotopic (exact) mass is 458 g/mol. The van der Waals surface area contributed by atoms with Gasteiger partial charge < -0.3 is 4.74 Å². The predicted molar refractivity (Wildman–Crippen MR) is 125 cm³/mol. The van der Waals surface area contributed by atoms with Crippen molar-refractivity contribution in [3.05, 3.63) is 94.0 Å². The lowest BCUT2D eigenvalue weighted by Gasteiger charge is -2.07. The van der Waals surface area contributed by atoms with Gasteiger partial charge in [-0.1, -0.05) is 41.4 Å². The normalized spacial score (nSPS) is 10.9. The summed E-state index contributed by atoms with van der Waals surface area (Å²) in [6.45, 7) is 0.400. The summed E-state index contributed by atoms with van der Waals surface area (Å²) in [7, 11) is 0. The van der Waals surface area contributed by atoms with Crippen molar-refractivity contribution in [1.82, 2.24) is 5.43 Å². The van der Waals surface area contributed by atoms with E-state index in [-0.39, 0.29) is 5.91 Å². The van der Waals surface area contributed by atoms with Crippen molar-refractivity contribution in [1.29, 1.82) is 0 Å². The molecule has 3 aromatic rings. The van der Waals surface area contributed by atoms with Crippen molar-refractivity contribution >= 4 is 47.1 Å². The summed E-state index contributed by atoms with van der Waals surface area (Å²) in [6.07, 6.45) is 1.97. The Labute approximate surface area is 190 Å². The van der Waals surface area contributed by atoms with Crippen LogP contribution in [0.3, 0.4) is 0 Å². The highest BCUT2D eigenvalue weighted by Gasteiger charge is 2.02. The van der Waals surface area contributed by atoms with Crippen LogP contribution in [-0.2, 0) is 11.4 Å². The minimum atomic E-state index is -0.132. The number of halogens is 2. The molecular formula is C23H20Cl2N2O2S. The third-order valence-electron chi connectivity index (χ3n) is 4.05. The molecule has 1 N–H and O–H groups in total. The van der Waals surface area contributed by atoms with Crippen molar-refractivity contribution in [2.75, 3.05) is 5.75 Å². The number of hydrogen-bond donors (Lipinski definition) is 1. The first kappa shape index (κ1) is 22.2. The number of carbonyl (C=O) groups excluding carboxylic acids is 1. The second kappa shape index (κ2) is 11.6. The molecule has 7 heteroatoms. The van der Waals surface area contributed by atoms with E-state index in [0.29, 0.717) is 28.8 Å². The van der Waals surface area contributed by atoms with Crippen LogP contribution in [0.5, 0.6) is 5.75 Å². The van der Waals surface area contributed by atoms with Crippen molar-refractivity contribution in [3.8, 4) is 5.75 Å². The molecule has 0 aliphatic heterocycles. The molecule has 0 spiro atoms. The van der Waals surface area contributed by atoms with E-state index in [1.807, 2.05) is 72.8 Å². The summed E-state index contributed by atoms with van der Waals surface area (Å²) in [5, 5.41) is 5.39. The lowest BCUT2D eigenvalue weighted by atomic mass is 10.2. The van der Waals surface area contributed by atoms with Crippen LogP contribution < -0.4 is 10.2 Å². The first-order valence-electron chi connectivity index (χ1n) is 9.27. The number of rotatable bonds is 9. The summed E-state index contributed by atoms with van der Waals surface area (Å²) in [5.41, 5.74) is 4.33. The molecular weight excluding hydrogens is 439 g/mol. The highest BCUT2D eigenvalue weighted by molar-refractivity contribution is 7.99. The number of ether oxygens (including phenoxy) is 1. The Hall–Kier alpha value is -2.47. The van der Waals surface area contributed by atoms with E-state index in [9.17, 15) is 4.79 Å². The number of nitrogens with one attached hydrogen (secondary N) is 1. The number of benzene rings is 3. The second-order valence-electron chi connectivity index (χ2n) is 6.29. The van der Waals surface area contributed by atoms with Crippen LogP contribution in [0.1, 0.15) is 17.5 Å². The van der Waals surface area contributed by atoms with Gasteiger partial charge >= 0.3 is 0 Å². The lowest BCUT2D eigenvalue weighted by molar-refractivity contribution is -0.120. The molecule has 0 unspecified atom stereocenters. The van der Waals surface area contributed by atoms with Crippen LogP contribution in [0.15, 0.2) is 82.8 Å². The van der Waals surface area contributed by atoms with Gasteiger partial charge in [0, 0.05) is 32.7 Å². The second-order valence-corrected chi connectivity index (χ2v) is 8.31. The fraction of sp³-hybridized carbons (Fsp3) is 0.130.